The second kappa shape index (κ2) is 10.4. The molecule has 0 aliphatic heterocycles. The van der Waals surface area contributed by atoms with E-state index in [1.165, 1.54) is 43.0 Å². The standard InChI is InChI=1S/C19H13F3N4.C8H6BrF2N3/c1-19(21,22)17-6-9-26-16(11-24-18(26)25-17)13-2-3-15(20)14(10-13)12-4-7-23-8-5-12;1-8(10,11)5-2-3-14-6(9)4-12-7(14)13-5/h2-11H,1H3;2-4H,1H3. The number of rotatable bonds is 4. The van der Waals surface area contributed by atoms with Gasteiger partial charge in [0.15, 0.2) is 0 Å². The highest BCUT2D eigenvalue weighted by Crippen LogP contribution is 2.30. The smallest absolute Gasteiger partial charge is 0.284 e. The van der Waals surface area contributed by atoms with Crippen LogP contribution in [0.25, 0.3) is 33.9 Å². The maximum atomic E-state index is 14.3. The molecule has 0 saturated carbocycles. The molecule has 40 heavy (non-hydrogen) atoms. The second-order valence-corrected chi connectivity index (χ2v) is 9.71. The van der Waals surface area contributed by atoms with E-state index in [4.69, 9.17) is 0 Å². The average Bonchev–Trinajstić information content (AvgIpc) is 3.52. The molecular formula is C27H19BrF5N7. The number of imidazole rings is 2. The van der Waals surface area contributed by atoms with Crippen LogP contribution < -0.4 is 0 Å². The Balaban J connectivity index is 0.000000194. The third kappa shape index (κ3) is 5.55. The van der Waals surface area contributed by atoms with E-state index in [2.05, 4.69) is 40.8 Å². The van der Waals surface area contributed by atoms with Crippen molar-refractivity contribution in [2.24, 2.45) is 0 Å². The second-order valence-electron chi connectivity index (χ2n) is 8.90. The largest absolute Gasteiger partial charge is 0.287 e. The van der Waals surface area contributed by atoms with E-state index >= 15 is 0 Å². The minimum Gasteiger partial charge on any atom is -0.284 e. The minimum absolute atomic E-state index is 0.161. The highest BCUT2D eigenvalue weighted by atomic mass is 79.9. The Hall–Kier alpha value is -4.26. The van der Waals surface area contributed by atoms with Gasteiger partial charge in [-0.05, 0) is 64.0 Å². The van der Waals surface area contributed by atoms with E-state index in [9.17, 15) is 22.0 Å². The molecule has 5 heterocycles. The van der Waals surface area contributed by atoms with Gasteiger partial charge < -0.3 is 0 Å². The lowest BCUT2D eigenvalue weighted by atomic mass is 10.0. The number of pyridine rings is 1. The van der Waals surface area contributed by atoms with Crippen molar-refractivity contribution >= 4 is 27.5 Å². The molecule has 0 bridgehead atoms. The number of halogens is 6. The molecule has 6 rings (SSSR count). The van der Waals surface area contributed by atoms with Crippen LogP contribution in [-0.2, 0) is 11.8 Å². The normalized spacial score (nSPS) is 12.0. The Bertz CT molecular complexity index is 1810. The van der Waals surface area contributed by atoms with Crippen molar-refractivity contribution in [3.8, 4) is 22.4 Å². The zero-order chi connectivity index (χ0) is 28.7. The van der Waals surface area contributed by atoms with Gasteiger partial charge in [-0.3, -0.25) is 13.8 Å². The Morgan fingerprint density at radius 1 is 0.725 bits per heavy atom. The first-order valence-corrected chi connectivity index (χ1v) is 12.5. The summed E-state index contributed by atoms with van der Waals surface area (Å²) in [4.78, 5) is 19.6. The van der Waals surface area contributed by atoms with E-state index in [1.54, 1.807) is 45.5 Å². The summed E-state index contributed by atoms with van der Waals surface area (Å²) >= 11 is 3.21. The molecule has 1 aromatic carbocycles. The van der Waals surface area contributed by atoms with Crippen molar-refractivity contribution in [1.29, 1.82) is 0 Å². The van der Waals surface area contributed by atoms with Crippen LogP contribution in [-0.4, -0.2) is 33.7 Å². The maximum Gasteiger partial charge on any atom is 0.287 e. The number of hydrogen-bond acceptors (Lipinski definition) is 5. The van der Waals surface area contributed by atoms with Gasteiger partial charge in [0, 0.05) is 49.8 Å². The molecule has 0 aliphatic rings. The Labute approximate surface area is 232 Å². The third-order valence-electron chi connectivity index (χ3n) is 5.87. The molecule has 0 saturated heterocycles. The van der Waals surface area contributed by atoms with Gasteiger partial charge in [-0.1, -0.05) is 0 Å². The van der Waals surface area contributed by atoms with E-state index in [0.717, 1.165) is 13.8 Å². The summed E-state index contributed by atoms with van der Waals surface area (Å²) in [6.45, 7) is 1.60. The lowest BCUT2D eigenvalue weighted by Gasteiger charge is -2.10. The topological polar surface area (TPSA) is 73.3 Å². The van der Waals surface area contributed by atoms with E-state index in [1.807, 2.05) is 0 Å². The van der Waals surface area contributed by atoms with Crippen molar-refractivity contribution in [3.05, 3.63) is 101 Å². The van der Waals surface area contributed by atoms with Crippen molar-refractivity contribution < 1.29 is 22.0 Å². The monoisotopic (exact) mass is 615 g/mol. The summed E-state index contributed by atoms with van der Waals surface area (Å²) in [7, 11) is 0. The van der Waals surface area contributed by atoms with Crippen LogP contribution in [0.4, 0.5) is 22.0 Å². The average molecular weight is 616 g/mol. The van der Waals surface area contributed by atoms with Gasteiger partial charge in [0.1, 0.15) is 21.8 Å². The van der Waals surface area contributed by atoms with E-state index < -0.39 is 11.8 Å². The van der Waals surface area contributed by atoms with Crippen LogP contribution in [0.1, 0.15) is 25.2 Å². The minimum atomic E-state index is -3.04. The van der Waals surface area contributed by atoms with Crippen LogP contribution in [0.5, 0.6) is 0 Å². The molecule has 0 aliphatic carbocycles. The Morgan fingerprint density at radius 3 is 1.93 bits per heavy atom. The van der Waals surface area contributed by atoms with Crippen LogP contribution in [0.15, 0.2) is 84.2 Å². The molecule has 0 N–H and O–H groups in total. The lowest BCUT2D eigenvalue weighted by Crippen LogP contribution is -2.10. The first kappa shape index (κ1) is 27.3. The molecule has 7 nitrogen and oxygen atoms in total. The number of nitrogens with zero attached hydrogens (tertiary/aromatic N) is 7. The molecule has 0 amide bonds. The van der Waals surface area contributed by atoms with Gasteiger partial charge in [-0.15, -0.1) is 0 Å². The zero-order valence-corrected chi connectivity index (χ0v) is 22.5. The first-order valence-electron chi connectivity index (χ1n) is 11.7. The molecule has 204 valence electrons. The number of alkyl halides is 4. The maximum absolute atomic E-state index is 14.3. The molecule has 0 unspecified atom stereocenters. The molecule has 0 spiro atoms. The summed E-state index contributed by atoms with van der Waals surface area (Å²) in [5.41, 5.74) is 1.82. The Kier molecular flexibility index (Phi) is 7.08. The van der Waals surface area contributed by atoms with Crippen LogP contribution in [0, 0.1) is 5.82 Å². The van der Waals surface area contributed by atoms with Crippen LogP contribution in [0.3, 0.4) is 0 Å². The van der Waals surface area contributed by atoms with E-state index in [-0.39, 0.29) is 28.8 Å². The number of benzene rings is 1. The van der Waals surface area contributed by atoms with Gasteiger partial charge in [0.05, 0.1) is 18.1 Å². The fourth-order valence-corrected chi connectivity index (χ4v) is 4.23. The van der Waals surface area contributed by atoms with E-state index in [0.29, 0.717) is 27.0 Å². The van der Waals surface area contributed by atoms with Crippen LogP contribution >= 0.6 is 15.9 Å². The molecule has 13 heteroatoms. The lowest BCUT2D eigenvalue weighted by molar-refractivity contribution is 0.0122. The third-order valence-corrected chi connectivity index (χ3v) is 6.45. The number of hydrogen-bond donors (Lipinski definition) is 0. The fraction of sp³-hybridized carbons (Fsp3) is 0.148. The quantitative estimate of drug-likeness (QED) is 0.194. The van der Waals surface area contributed by atoms with Crippen molar-refractivity contribution in [3.63, 3.8) is 0 Å². The Morgan fingerprint density at radius 2 is 1.30 bits per heavy atom. The number of fused-ring (bicyclic) bond motifs is 2. The molecule has 0 fully saturated rings. The molecular weight excluding hydrogens is 597 g/mol. The highest BCUT2D eigenvalue weighted by Gasteiger charge is 2.27. The van der Waals surface area contributed by atoms with Gasteiger partial charge in [0.2, 0.25) is 11.6 Å². The predicted octanol–water partition coefficient (Wildman–Crippen LogP) is 7.31. The summed E-state index contributed by atoms with van der Waals surface area (Å²) < 4.78 is 70.8. The van der Waals surface area contributed by atoms with Gasteiger partial charge in [-0.2, -0.15) is 17.6 Å². The van der Waals surface area contributed by atoms with Crippen molar-refractivity contribution in [2.45, 2.75) is 25.7 Å². The summed E-state index contributed by atoms with van der Waals surface area (Å²) in [5, 5.41) is 0. The summed E-state index contributed by atoms with van der Waals surface area (Å²) in [6, 6.07) is 10.6. The first-order chi connectivity index (χ1) is 18.9. The van der Waals surface area contributed by atoms with Gasteiger partial charge in [0.25, 0.3) is 11.8 Å². The SMILES string of the molecule is CC(F)(F)c1ccn2c(-c3ccc(F)c(-c4ccncc4)c3)cnc2n1.CC(F)(F)c1ccn2c(Br)cnc2n1. The summed E-state index contributed by atoms with van der Waals surface area (Å²) in [5.74, 6) is -5.91. The van der Waals surface area contributed by atoms with Crippen molar-refractivity contribution in [1.82, 2.24) is 33.7 Å². The van der Waals surface area contributed by atoms with Crippen LogP contribution in [0.2, 0.25) is 0 Å². The molecule has 0 atom stereocenters. The van der Waals surface area contributed by atoms with Gasteiger partial charge in [-0.25, -0.2) is 24.3 Å². The fourth-order valence-electron chi connectivity index (χ4n) is 3.85. The molecule has 6 aromatic rings. The molecule has 5 aromatic heterocycles. The molecule has 0 radical (unpaired) electrons. The van der Waals surface area contributed by atoms with Crippen molar-refractivity contribution in [2.75, 3.05) is 0 Å². The predicted molar refractivity (Wildman–Crippen MR) is 141 cm³/mol. The zero-order valence-electron chi connectivity index (χ0n) is 20.9. The summed E-state index contributed by atoms with van der Waals surface area (Å²) in [6.07, 6.45) is 9.22. The van der Waals surface area contributed by atoms with Gasteiger partial charge >= 0.3 is 0 Å². The highest BCUT2D eigenvalue weighted by molar-refractivity contribution is 9.10. The number of aromatic nitrogens is 7.